The summed E-state index contributed by atoms with van der Waals surface area (Å²) in [5.41, 5.74) is 0.809. The molecule has 2 aromatic carbocycles. The van der Waals surface area contributed by atoms with Crippen molar-refractivity contribution >= 4 is 35.1 Å². The molecule has 0 aliphatic heterocycles. The highest BCUT2D eigenvalue weighted by Gasteiger charge is 2.16. The van der Waals surface area contributed by atoms with Crippen molar-refractivity contribution in [1.29, 1.82) is 0 Å². The molecular weight excluding hydrogens is 376 g/mol. The van der Waals surface area contributed by atoms with Crippen LogP contribution < -0.4 is 10.6 Å². The van der Waals surface area contributed by atoms with E-state index >= 15 is 0 Å². The number of ether oxygens (including phenoxy) is 1. The number of hydrogen-bond donors (Lipinski definition) is 3. The van der Waals surface area contributed by atoms with Gasteiger partial charge in [-0.3, -0.25) is 9.59 Å². The molecule has 0 bridgehead atoms. The first-order valence-corrected chi connectivity index (χ1v) is 8.99. The Bertz CT molecular complexity index is 935. The summed E-state index contributed by atoms with van der Waals surface area (Å²) in [4.78, 5) is 47.6. The van der Waals surface area contributed by atoms with E-state index in [4.69, 9.17) is 4.74 Å². The average molecular weight is 398 g/mol. The Labute approximate surface area is 167 Å². The number of nitrogens with one attached hydrogen (secondary N) is 2. The summed E-state index contributed by atoms with van der Waals surface area (Å²) in [5.74, 6) is -2.78. The molecule has 2 rings (SSSR count). The van der Waals surface area contributed by atoms with Crippen LogP contribution in [0.5, 0.6) is 0 Å². The van der Waals surface area contributed by atoms with E-state index in [0.717, 1.165) is 0 Å². The van der Waals surface area contributed by atoms with Crippen LogP contribution >= 0.6 is 0 Å². The molecule has 2 amide bonds. The number of esters is 1. The molecule has 0 fully saturated rings. The molecule has 0 saturated carbocycles. The first-order chi connectivity index (χ1) is 13.7. The summed E-state index contributed by atoms with van der Waals surface area (Å²) in [6.45, 7) is 5.38. The van der Waals surface area contributed by atoms with Gasteiger partial charge in [0.05, 0.1) is 23.4 Å². The number of hydrogen-bond acceptors (Lipinski definition) is 5. The van der Waals surface area contributed by atoms with Crippen molar-refractivity contribution in [1.82, 2.24) is 0 Å². The quantitative estimate of drug-likeness (QED) is 0.615. The standard InChI is InChI=1S/C21H22N2O6/c1-4-29-21(28)14-7-5-13(6-8-14)19(25)23-17-11-15(22-18(24)12(2)3)9-10-16(17)20(26)27/h5-12H,4H2,1-3H3,(H,22,24)(H,23,25)(H,26,27). The van der Waals surface area contributed by atoms with Gasteiger partial charge in [0.15, 0.2) is 0 Å². The minimum atomic E-state index is -1.22. The highest BCUT2D eigenvalue weighted by atomic mass is 16.5. The van der Waals surface area contributed by atoms with Crippen molar-refractivity contribution in [2.75, 3.05) is 17.2 Å². The molecule has 0 heterocycles. The van der Waals surface area contributed by atoms with Crippen LogP contribution in [0.4, 0.5) is 11.4 Å². The maximum absolute atomic E-state index is 12.5. The highest BCUT2D eigenvalue weighted by Crippen LogP contribution is 2.23. The fraction of sp³-hybridized carbons (Fsp3) is 0.238. The molecule has 0 atom stereocenters. The van der Waals surface area contributed by atoms with Crippen molar-refractivity contribution in [3.05, 3.63) is 59.2 Å². The fourth-order valence-electron chi connectivity index (χ4n) is 2.37. The molecule has 152 valence electrons. The van der Waals surface area contributed by atoms with E-state index in [9.17, 15) is 24.3 Å². The lowest BCUT2D eigenvalue weighted by Gasteiger charge is -2.13. The summed E-state index contributed by atoms with van der Waals surface area (Å²) < 4.78 is 4.89. The van der Waals surface area contributed by atoms with Gasteiger partial charge in [-0.1, -0.05) is 13.8 Å². The summed E-state index contributed by atoms with van der Waals surface area (Å²) in [6, 6.07) is 9.91. The van der Waals surface area contributed by atoms with Gasteiger partial charge in [0.1, 0.15) is 0 Å². The SMILES string of the molecule is CCOC(=O)c1ccc(C(=O)Nc2cc(NC(=O)C(C)C)ccc2C(=O)O)cc1. The molecule has 0 saturated heterocycles. The third-order valence-electron chi connectivity index (χ3n) is 3.95. The van der Waals surface area contributed by atoms with E-state index in [1.807, 2.05) is 0 Å². The predicted molar refractivity (Wildman–Crippen MR) is 107 cm³/mol. The van der Waals surface area contributed by atoms with Crippen molar-refractivity contribution in [3.8, 4) is 0 Å². The third-order valence-corrected chi connectivity index (χ3v) is 3.95. The van der Waals surface area contributed by atoms with Crippen LogP contribution in [0.3, 0.4) is 0 Å². The van der Waals surface area contributed by atoms with Gasteiger partial charge in [-0.15, -0.1) is 0 Å². The van der Waals surface area contributed by atoms with Crippen LogP contribution in [0.15, 0.2) is 42.5 Å². The van der Waals surface area contributed by atoms with Crippen LogP contribution in [0.25, 0.3) is 0 Å². The summed E-state index contributed by atoms with van der Waals surface area (Å²) >= 11 is 0. The molecule has 0 spiro atoms. The zero-order valence-corrected chi connectivity index (χ0v) is 16.3. The van der Waals surface area contributed by atoms with Crippen LogP contribution in [-0.4, -0.2) is 35.5 Å². The van der Waals surface area contributed by atoms with Crippen molar-refractivity contribution in [3.63, 3.8) is 0 Å². The van der Waals surface area contributed by atoms with Crippen LogP contribution in [0.1, 0.15) is 51.8 Å². The van der Waals surface area contributed by atoms with Crippen LogP contribution in [-0.2, 0) is 9.53 Å². The lowest BCUT2D eigenvalue weighted by atomic mass is 10.1. The monoisotopic (exact) mass is 398 g/mol. The topological polar surface area (TPSA) is 122 Å². The smallest absolute Gasteiger partial charge is 0.338 e. The molecule has 8 nitrogen and oxygen atoms in total. The molecule has 2 aromatic rings. The number of benzene rings is 2. The Hall–Kier alpha value is -3.68. The van der Waals surface area contributed by atoms with Gasteiger partial charge in [0.2, 0.25) is 5.91 Å². The largest absolute Gasteiger partial charge is 0.478 e. The minimum absolute atomic E-state index is 0.0403. The van der Waals surface area contributed by atoms with Crippen molar-refractivity contribution in [2.45, 2.75) is 20.8 Å². The maximum Gasteiger partial charge on any atom is 0.338 e. The Morgan fingerprint density at radius 2 is 1.59 bits per heavy atom. The van der Waals surface area contributed by atoms with E-state index in [1.54, 1.807) is 20.8 Å². The van der Waals surface area contributed by atoms with Gasteiger partial charge >= 0.3 is 11.9 Å². The molecule has 8 heteroatoms. The second-order valence-electron chi connectivity index (χ2n) is 6.46. The number of rotatable bonds is 7. The summed E-state index contributed by atoms with van der Waals surface area (Å²) in [6.07, 6.45) is 0. The van der Waals surface area contributed by atoms with E-state index < -0.39 is 17.8 Å². The Morgan fingerprint density at radius 1 is 0.966 bits per heavy atom. The van der Waals surface area contributed by atoms with Gasteiger partial charge in [0, 0.05) is 17.2 Å². The molecule has 0 radical (unpaired) electrons. The van der Waals surface area contributed by atoms with E-state index in [2.05, 4.69) is 10.6 Å². The number of aromatic carboxylic acids is 1. The van der Waals surface area contributed by atoms with Crippen LogP contribution in [0.2, 0.25) is 0 Å². The maximum atomic E-state index is 12.5. The normalized spacial score (nSPS) is 10.3. The lowest BCUT2D eigenvalue weighted by Crippen LogP contribution is -2.19. The summed E-state index contributed by atoms with van der Waals surface area (Å²) in [7, 11) is 0. The van der Waals surface area contributed by atoms with Crippen LogP contribution in [0, 0.1) is 5.92 Å². The van der Waals surface area contributed by atoms with Gasteiger partial charge in [-0.25, -0.2) is 9.59 Å². The number of carboxylic acid groups (broad SMARTS) is 1. The van der Waals surface area contributed by atoms with E-state index in [1.165, 1.54) is 42.5 Å². The number of carbonyl (C=O) groups excluding carboxylic acids is 3. The molecule has 29 heavy (non-hydrogen) atoms. The van der Waals surface area contributed by atoms with E-state index in [-0.39, 0.29) is 35.2 Å². The van der Waals surface area contributed by atoms with Gasteiger partial charge in [0.25, 0.3) is 5.91 Å². The Morgan fingerprint density at radius 3 is 2.14 bits per heavy atom. The third kappa shape index (κ3) is 5.65. The van der Waals surface area contributed by atoms with E-state index in [0.29, 0.717) is 11.3 Å². The first kappa shape index (κ1) is 21.6. The highest BCUT2D eigenvalue weighted by molar-refractivity contribution is 6.08. The van der Waals surface area contributed by atoms with Gasteiger partial charge < -0.3 is 20.5 Å². The number of carbonyl (C=O) groups is 4. The molecule has 0 unspecified atom stereocenters. The van der Waals surface area contributed by atoms with Gasteiger partial charge in [-0.05, 0) is 49.4 Å². The predicted octanol–water partition coefficient (Wildman–Crippen LogP) is 3.41. The molecule has 0 aromatic heterocycles. The molecule has 0 aliphatic rings. The number of anilines is 2. The average Bonchev–Trinajstić information content (AvgIpc) is 2.68. The second-order valence-corrected chi connectivity index (χ2v) is 6.46. The zero-order chi connectivity index (χ0) is 21.6. The molecular formula is C21H22N2O6. The lowest BCUT2D eigenvalue weighted by molar-refractivity contribution is -0.118. The van der Waals surface area contributed by atoms with Crippen molar-refractivity contribution in [2.24, 2.45) is 5.92 Å². The van der Waals surface area contributed by atoms with Crippen molar-refractivity contribution < 1.29 is 29.0 Å². The number of amides is 2. The van der Waals surface area contributed by atoms with Gasteiger partial charge in [-0.2, -0.15) is 0 Å². The first-order valence-electron chi connectivity index (χ1n) is 8.99. The molecule has 3 N–H and O–H groups in total. The Kier molecular flexibility index (Phi) is 7.08. The molecule has 0 aliphatic carbocycles. The Balaban J connectivity index is 2.24. The zero-order valence-electron chi connectivity index (χ0n) is 16.3. The fourth-order valence-corrected chi connectivity index (χ4v) is 2.37. The minimum Gasteiger partial charge on any atom is -0.478 e. The number of carboxylic acids is 1. The second kappa shape index (κ2) is 9.50. The summed E-state index contributed by atoms with van der Waals surface area (Å²) in [5, 5.41) is 14.6.